The topological polar surface area (TPSA) is 100 Å². The molecule has 1 rings (SSSR count). The minimum atomic E-state index is -3.13. The smallest absolute Gasteiger partial charge is 0.309 e. The first-order valence-electron chi connectivity index (χ1n) is 8.53. The Labute approximate surface area is 168 Å². The van der Waals surface area contributed by atoms with Gasteiger partial charge in [-0.15, -0.1) is 24.0 Å². The fourth-order valence-electron chi connectivity index (χ4n) is 2.54. The fourth-order valence-corrected chi connectivity index (χ4v) is 3.20. The van der Waals surface area contributed by atoms with E-state index in [1.807, 2.05) is 6.92 Å². The molecule has 0 aliphatic carbocycles. The van der Waals surface area contributed by atoms with Crippen molar-refractivity contribution in [1.82, 2.24) is 14.9 Å². The Morgan fingerprint density at radius 3 is 2.40 bits per heavy atom. The van der Waals surface area contributed by atoms with E-state index in [2.05, 4.69) is 19.9 Å². The molecule has 0 spiro atoms. The van der Waals surface area contributed by atoms with Crippen LogP contribution in [-0.4, -0.2) is 70.8 Å². The average molecular weight is 490 g/mol. The Balaban J connectivity index is 0.00000576. The fraction of sp³-hybridized carbons (Fsp3) is 0.867. The van der Waals surface area contributed by atoms with Gasteiger partial charge in [0.25, 0.3) is 0 Å². The van der Waals surface area contributed by atoms with Gasteiger partial charge in [-0.3, -0.25) is 9.79 Å². The van der Waals surface area contributed by atoms with E-state index < -0.39 is 10.0 Å². The lowest BCUT2D eigenvalue weighted by atomic mass is 9.97. The minimum Gasteiger partial charge on any atom is -0.466 e. The number of nitrogens with one attached hydrogen (secondary N) is 2. The highest BCUT2D eigenvalue weighted by molar-refractivity contribution is 14.0. The van der Waals surface area contributed by atoms with Crippen molar-refractivity contribution in [3.63, 3.8) is 0 Å². The number of nitrogens with zero attached hydrogens (tertiary/aromatic N) is 2. The zero-order valence-electron chi connectivity index (χ0n) is 15.3. The van der Waals surface area contributed by atoms with Crippen LogP contribution in [0.3, 0.4) is 0 Å². The van der Waals surface area contributed by atoms with Gasteiger partial charge in [0.1, 0.15) is 0 Å². The predicted molar refractivity (Wildman–Crippen MR) is 110 cm³/mol. The van der Waals surface area contributed by atoms with E-state index in [4.69, 9.17) is 4.74 Å². The maximum Gasteiger partial charge on any atom is 0.309 e. The van der Waals surface area contributed by atoms with Gasteiger partial charge in [0.2, 0.25) is 10.0 Å². The number of halogens is 1. The number of hydrogen-bond donors (Lipinski definition) is 2. The van der Waals surface area contributed by atoms with Crippen LogP contribution < -0.4 is 10.0 Å². The standard InChI is InChI=1S/C15H30N4O4S.HI/c1-4-23-14(20)13-7-11-19(12-8-13)15(16-3)17-9-6-10-18-24(21,22)5-2;/h13,18H,4-12H2,1-3H3,(H,16,17);1H. The van der Waals surface area contributed by atoms with Gasteiger partial charge in [0.15, 0.2) is 5.96 Å². The summed E-state index contributed by atoms with van der Waals surface area (Å²) in [5.74, 6) is 0.749. The van der Waals surface area contributed by atoms with E-state index in [1.54, 1.807) is 14.0 Å². The third-order valence-electron chi connectivity index (χ3n) is 3.96. The second-order valence-electron chi connectivity index (χ2n) is 5.64. The zero-order valence-corrected chi connectivity index (χ0v) is 18.4. The van der Waals surface area contributed by atoms with E-state index >= 15 is 0 Å². The second-order valence-corrected chi connectivity index (χ2v) is 7.73. The molecule has 0 bridgehead atoms. The van der Waals surface area contributed by atoms with E-state index in [0.717, 1.165) is 31.9 Å². The molecule has 0 aromatic rings. The van der Waals surface area contributed by atoms with Crippen LogP contribution in [0.4, 0.5) is 0 Å². The van der Waals surface area contributed by atoms with Crippen molar-refractivity contribution in [3.8, 4) is 0 Å². The first kappa shape index (κ1) is 24.4. The van der Waals surface area contributed by atoms with Gasteiger partial charge >= 0.3 is 5.97 Å². The van der Waals surface area contributed by atoms with Gasteiger partial charge in [-0.25, -0.2) is 13.1 Å². The molecule has 0 atom stereocenters. The molecule has 1 aliphatic heterocycles. The molecular weight excluding hydrogens is 459 g/mol. The summed E-state index contributed by atoms with van der Waals surface area (Å²) in [6.07, 6.45) is 2.20. The number of hydrogen-bond acceptors (Lipinski definition) is 5. The number of piperidine rings is 1. The molecule has 0 aromatic carbocycles. The van der Waals surface area contributed by atoms with Crippen molar-refractivity contribution in [2.75, 3.05) is 45.6 Å². The van der Waals surface area contributed by atoms with Gasteiger partial charge in [-0.2, -0.15) is 0 Å². The summed E-state index contributed by atoms with van der Waals surface area (Å²) in [4.78, 5) is 18.1. The molecule has 0 amide bonds. The van der Waals surface area contributed by atoms with Crippen molar-refractivity contribution in [3.05, 3.63) is 0 Å². The van der Waals surface area contributed by atoms with E-state index in [9.17, 15) is 13.2 Å². The summed E-state index contributed by atoms with van der Waals surface area (Å²) < 4.78 is 30.3. The zero-order chi connectivity index (χ0) is 18.0. The van der Waals surface area contributed by atoms with E-state index in [1.165, 1.54) is 0 Å². The van der Waals surface area contributed by atoms with Crippen molar-refractivity contribution in [1.29, 1.82) is 0 Å². The number of carbonyl (C=O) groups is 1. The van der Waals surface area contributed by atoms with Gasteiger partial charge in [-0.05, 0) is 33.1 Å². The number of ether oxygens (including phenoxy) is 1. The Hall–Kier alpha value is -0.620. The second kappa shape index (κ2) is 12.7. The highest BCUT2D eigenvalue weighted by Crippen LogP contribution is 2.18. The summed E-state index contributed by atoms with van der Waals surface area (Å²) >= 11 is 0. The number of rotatable bonds is 8. The summed E-state index contributed by atoms with van der Waals surface area (Å²) in [7, 11) is -1.41. The highest BCUT2D eigenvalue weighted by atomic mass is 127. The Kier molecular flexibility index (Phi) is 12.4. The lowest BCUT2D eigenvalue weighted by Crippen LogP contribution is -2.47. The van der Waals surface area contributed by atoms with Crippen LogP contribution in [0.1, 0.15) is 33.1 Å². The maximum absolute atomic E-state index is 11.8. The number of likely N-dealkylation sites (tertiary alicyclic amines) is 1. The number of sulfonamides is 1. The van der Waals surface area contributed by atoms with Crippen LogP contribution in [0.15, 0.2) is 4.99 Å². The number of aliphatic imine (C=N–C) groups is 1. The average Bonchev–Trinajstić information content (AvgIpc) is 2.58. The summed E-state index contributed by atoms with van der Waals surface area (Å²) in [5.41, 5.74) is 0. The van der Waals surface area contributed by atoms with Crippen LogP contribution in [0, 0.1) is 5.92 Å². The number of carbonyl (C=O) groups excluding carboxylic acids is 1. The van der Waals surface area contributed by atoms with E-state index in [-0.39, 0.29) is 41.6 Å². The van der Waals surface area contributed by atoms with Crippen LogP contribution in [-0.2, 0) is 19.6 Å². The van der Waals surface area contributed by atoms with Gasteiger partial charge in [-0.1, -0.05) is 0 Å². The Morgan fingerprint density at radius 1 is 1.24 bits per heavy atom. The molecule has 0 aromatic heterocycles. The SMILES string of the molecule is CCOC(=O)C1CCN(C(=NC)NCCCNS(=O)(=O)CC)CC1.I. The molecular formula is C15H31IN4O4S. The molecule has 1 heterocycles. The molecule has 0 saturated carbocycles. The third kappa shape index (κ3) is 9.04. The van der Waals surface area contributed by atoms with Gasteiger partial charge < -0.3 is 15.0 Å². The maximum atomic E-state index is 11.8. The van der Waals surface area contributed by atoms with Crippen LogP contribution in [0.25, 0.3) is 0 Å². The molecule has 1 aliphatic rings. The first-order chi connectivity index (χ1) is 11.4. The molecule has 8 nitrogen and oxygen atoms in total. The summed E-state index contributed by atoms with van der Waals surface area (Å²) in [6, 6.07) is 0. The summed E-state index contributed by atoms with van der Waals surface area (Å²) in [5, 5.41) is 3.24. The van der Waals surface area contributed by atoms with Gasteiger partial charge in [0, 0.05) is 33.2 Å². The van der Waals surface area contributed by atoms with Crippen molar-refractivity contribution in [2.45, 2.75) is 33.1 Å². The molecule has 25 heavy (non-hydrogen) atoms. The normalized spacial score (nSPS) is 16.3. The van der Waals surface area contributed by atoms with Crippen LogP contribution in [0.2, 0.25) is 0 Å². The molecule has 0 unspecified atom stereocenters. The lowest BCUT2D eigenvalue weighted by molar-refractivity contribution is -0.149. The van der Waals surface area contributed by atoms with Crippen molar-refractivity contribution < 1.29 is 17.9 Å². The largest absolute Gasteiger partial charge is 0.466 e. The molecule has 1 saturated heterocycles. The molecule has 2 N–H and O–H groups in total. The minimum absolute atomic E-state index is 0. The van der Waals surface area contributed by atoms with Crippen molar-refractivity contribution in [2.24, 2.45) is 10.9 Å². The number of guanidine groups is 1. The van der Waals surface area contributed by atoms with Crippen LogP contribution >= 0.6 is 24.0 Å². The molecule has 1 fully saturated rings. The molecule has 10 heteroatoms. The van der Waals surface area contributed by atoms with E-state index in [0.29, 0.717) is 26.1 Å². The predicted octanol–water partition coefficient (Wildman–Crippen LogP) is 0.784. The van der Waals surface area contributed by atoms with Gasteiger partial charge in [0.05, 0.1) is 18.3 Å². The lowest BCUT2D eigenvalue weighted by Gasteiger charge is -2.33. The molecule has 148 valence electrons. The number of esters is 1. The Bertz CT molecular complexity index is 520. The van der Waals surface area contributed by atoms with Crippen molar-refractivity contribution >= 4 is 45.9 Å². The Morgan fingerprint density at radius 2 is 1.88 bits per heavy atom. The third-order valence-corrected chi connectivity index (χ3v) is 5.37. The first-order valence-corrected chi connectivity index (χ1v) is 10.2. The molecule has 0 radical (unpaired) electrons. The quantitative estimate of drug-likeness (QED) is 0.172. The monoisotopic (exact) mass is 490 g/mol. The summed E-state index contributed by atoms with van der Waals surface area (Å²) in [6.45, 7) is 6.41. The van der Waals surface area contributed by atoms with Crippen LogP contribution in [0.5, 0.6) is 0 Å². The highest BCUT2D eigenvalue weighted by Gasteiger charge is 2.27.